The molecule has 1 heterocycles. The third-order valence-corrected chi connectivity index (χ3v) is 1.09. The summed E-state index contributed by atoms with van der Waals surface area (Å²) in [6, 6.07) is 4.31. The van der Waals surface area contributed by atoms with Gasteiger partial charge in [0.05, 0.1) is 0 Å². The molecule has 12 heavy (non-hydrogen) atoms. The molecule has 62 valence electrons. The zero-order valence-corrected chi connectivity index (χ0v) is 5.87. The van der Waals surface area contributed by atoms with Gasteiger partial charge in [-0.2, -0.15) is 14.0 Å². The zero-order valence-electron chi connectivity index (χ0n) is 5.87. The SMILES string of the molecule is N#Cc1ncccc1OC(F)F. The number of rotatable bonds is 2. The highest BCUT2D eigenvalue weighted by Gasteiger charge is 2.08. The number of hydrogen-bond acceptors (Lipinski definition) is 3. The molecule has 0 aliphatic carbocycles. The molecule has 0 amide bonds. The Morgan fingerprint density at radius 1 is 1.58 bits per heavy atom. The number of pyridine rings is 1. The minimum absolute atomic E-state index is 0.141. The summed E-state index contributed by atoms with van der Waals surface area (Å²) in [6.45, 7) is -2.93. The molecule has 0 bridgehead atoms. The van der Waals surface area contributed by atoms with Gasteiger partial charge in [0.15, 0.2) is 11.4 Å². The second-order valence-corrected chi connectivity index (χ2v) is 1.84. The van der Waals surface area contributed by atoms with E-state index in [2.05, 4.69) is 9.72 Å². The molecule has 0 radical (unpaired) electrons. The average molecular weight is 170 g/mol. The molecule has 0 spiro atoms. The molecule has 0 aliphatic rings. The minimum Gasteiger partial charge on any atom is -0.432 e. The number of nitriles is 1. The van der Waals surface area contributed by atoms with Crippen LogP contribution in [0.15, 0.2) is 18.3 Å². The molecule has 0 atom stereocenters. The van der Waals surface area contributed by atoms with Crippen LogP contribution in [0.1, 0.15) is 5.69 Å². The summed E-state index contributed by atoms with van der Waals surface area (Å²) in [5.41, 5.74) is -0.141. The van der Waals surface area contributed by atoms with Crippen molar-refractivity contribution < 1.29 is 13.5 Å². The highest BCUT2D eigenvalue weighted by molar-refractivity contribution is 5.36. The second-order valence-electron chi connectivity index (χ2n) is 1.84. The highest BCUT2D eigenvalue weighted by atomic mass is 19.3. The van der Waals surface area contributed by atoms with Gasteiger partial charge in [0.2, 0.25) is 0 Å². The zero-order chi connectivity index (χ0) is 8.97. The van der Waals surface area contributed by atoms with Crippen molar-refractivity contribution in [2.24, 2.45) is 0 Å². The molecule has 0 aliphatic heterocycles. The fourth-order valence-corrected chi connectivity index (χ4v) is 0.666. The van der Waals surface area contributed by atoms with E-state index in [0.717, 1.165) is 0 Å². The van der Waals surface area contributed by atoms with Gasteiger partial charge in [0, 0.05) is 6.20 Å². The van der Waals surface area contributed by atoms with Crippen molar-refractivity contribution >= 4 is 0 Å². The van der Waals surface area contributed by atoms with Crippen LogP contribution in [0.3, 0.4) is 0 Å². The molecule has 0 fully saturated rings. The van der Waals surface area contributed by atoms with E-state index in [1.54, 1.807) is 6.07 Å². The number of halogens is 2. The van der Waals surface area contributed by atoms with Gasteiger partial charge in [-0.1, -0.05) is 0 Å². The van der Waals surface area contributed by atoms with E-state index in [9.17, 15) is 8.78 Å². The van der Waals surface area contributed by atoms with Crippen LogP contribution in [0.5, 0.6) is 5.75 Å². The molecule has 0 saturated carbocycles. The second kappa shape index (κ2) is 3.62. The van der Waals surface area contributed by atoms with Crippen molar-refractivity contribution in [3.8, 4) is 11.8 Å². The maximum atomic E-state index is 11.7. The summed E-state index contributed by atoms with van der Waals surface area (Å²) >= 11 is 0. The molecule has 0 saturated heterocycles. The predicted octanol–water partition coefficient (Wildman–Crippen LogP) is 1.55. The number of hydrogen-bond donors (Lipinski definition) is 0. The lowest BCUT2D eigenvalue weighted by atomic mass is 10.3. The standard InChI is InChI=1S/C7H4F2N2O/c8-7(9)12-6-2-1-3-11-5(6)4-10/h1-3,7H. The van der Waals surface area contributed by atoms with Gasteiger partial charge in [-0.3, -0.25) is 0 Å². The molecule has 0 N–H and O–H groups in total. The maximum absolute atomic E-state index is 11.7. The third kappa shape index (κ3) is 1.89. The number of ether oxygens (including phenoxy) is 1. The van der Waals surface area contributed by atoms with Crippen molar-refractivity contribution in [3.63, 3.8) is 0 Å². The van der Waals surface area contributed by atoms with Gasteiger partial charge in [-0.25, -0.2) is 4.98 Å². The Hall–Kier alpha value is -1.70. The topological polar surface area (TPSA) is 45.9 Å². The molecule has 3 nitrogen and oxygen atoms in total. The monoisotopic (exact) mass is 170 g/mol. The minimum atomic E-state index is -2.93. The predicted molar refractivity (Wildman–Crippen MR) is 35.6 cm³/mol. The van der Waals surface area contributed by atoms with E-state index in [0.29, 0.717) is 0 Å². The van der Waals surface area contributed by atoms with Gasteiger partial charge in [-0.15, -0.1) is 0 Å². The molecule has 0 aromatic carbocycles. The first-order valence-electron chi connectivity index (χ1n) is 3.04. The summed E-state index contributed by atoms with van der Waals surface area (Å²) in [5.74, 6) is -0.199. The molecular formula is C7H4F2N2O. The summed E-state index contributed by atoms with van der Waals surface area (Å²) in [5, 5.41) is 8.39. The van der Waals surface area contributed by atoms with Crippen molar-refractivity contribution in [1.29, 1.82) is 5.26 Å². The van der Waals surface area contributed by atoms with Crippen molar-refractivity contribution in [2.75, 3.05) is 0 Å². The van der Waals surface area contributed by atoms with Crippen LogP contribution < -0.4 is 4.74 Å². The first-order valence-corrected chi connectivity index (χ1v) is 3.04. The van der Waals surface area contributed by atoms with Crippen LogP contribution in [-0.2, 0) is 0 Å². The Morgan fingerprint density at radius 2 is 2.33 bits per heavy atom. The number of nitrogens with zero attached hydrogens (tertiary/aromatic N) is 2. The Morgan fingerprint density at radius 3 is 2.92 bits per heavy atom. The van der Waals surface area contributed by atoms with Crippen LogP contribution in [-0.4, -0.2) is 11.6 Å². The lowest BCUT2D eigenvalue weighted by Gasteiger charge is -2.03. The van der Waals surface area contributed by atoms with Crippen LogP contribution in [0.2, 0.25) is 0 Å². The first kappa shape index (κ1) is 8.40. The fourth-order valence-electron chi connectivity index (χ4n) is 0.666. The molecular weight excluding hydrogens is 166 g/mol. The van der Waals surface area contributed by atoms with Crippen LogP contribution in [0, 0.1) is 11.3 Å². The van der Waals surface area contributed by atoms with Crippen molar-refractivity contribution in [1.82, 2.24) is 4.98 Å². The number of aromatic nitrogens is 1. The Kier molecular flexibility index (Phi) is 2.53. The van der Waals surface area contributed by atoms with Crippen LogP contribution in [0.4, 0.5) is 8.78 Å². The van der Waals surface area contributed by atoms with Gasteiger partial charge < -0.3 is 4.74 Å². The summed E-state index contributed by atoms with van der Waals surface area (Å²) in [7, 11) is 0. The normalized spacial score (nSPS) is 9.50. The molecule has 0 unspecified atom stereocenters. The van der Waals surface area contributed by atoms with Crippen molar-refractivity contribution in [2.45, 2.75) is 6.61 Å². The first-order chi connectivity index (χ1) is 5.74. The molecule has 1 aromatic rings. The van der Waals surface area contributed by atoms with Crippen LogP contribution >= 0.6 is 0 Å². The van der Waals surface area contributed by atoms with E-state index in [4.69, 9.17) is 5.26 Å². The fraction of sp³-hybridized carbons (Fsp3) is 0.143. The Labute approximate surface area is 67.2 Å². The summed E-state index contributed by atoms with van der Waals surface area (Å²) in [4.78, 5) is 3.53. The Bertz CT molecular complexity index is 309. The lowest BCUT2D eigenvalue weighted by molar-refractivity contribution is -0.0502. The van der Waals surface area contributed by atoms with E-state index in [1.165, 1.54) is 18.3 Å². The third-order valence-electron chi connectivity index (χ3n) is 1.09. The van der Waals surface area contributed by atoms with E-state index in [1.807, 2.05) is 0 Å². The maximum Gasteiger partial charge on any atom is 0.387 e. The van der Waals surface area contributed by atoms with Gasteiger partial charge in [0.1, 0.15) is 6.07 Å². The molecule has 1 rings (SSSR count). The molecule has 1 aromatic heterocycles. The summed E-state index contributed by atoms with van der Waals surface area (Å²) < 4.78 is 27.4. The van der Waals surface area contributed by atoms with E-state index in [-0.39, 0.29) is 11.4 Å². The highest BCUT2D eigenvalue weighted by Crippen LogP contribution is 2.16. The largest absolute Gasteiger partial charge is 0.432 e. The lowest BCUT2D eigenvalue weighted by Crippen LogP contribution is -2.03. The summed E-state index contributed by atoms with van der Waals surface area (Å²) in [6.07, 6.45) is 1.33. The van der Waals surface area contributed by atoms with Crippen LogP contribution in [0.25, 0.3) is 0 Å². The number of alkyl halides is 2. The van der Waals surface area contributed by atoms with Gasteiger partial charge >= 0.3 is 6.61 Å². The smallest absolute Gasteiger partial charge is 0.387 e. The van der Waals surface area contributed by atoms with Gasteiger partial charge in [0.25, 0.3) is 0 Å². The molecule has 5 heteroatoms. The van der Waals surface area contributed by atoms with E-state index >= 15 is 0 Å². The van der Waals surface area contributed by atoms with E-state index < -0.39 is 6.61 Å². The quantitative estimate of drug-likeness (QED) is 0.676. The Balaban J connectivity index is 2.91. The average Bonchev–Trinajstić information content (AvgIpc) is 2.04. The van der Waals surface area contributed by atoms with Gasteiger partial charge in [-0.05, 0) is 12.1 Å². The van der Waals surface area contributed by atoms with Crippen molar-refractivity contribution in [3.05, 3.63) is 24.0 Å².